The number of aryl methyl sites for hydroxylation is 1. The van der Waals surface area contributed by atoms with Crippen LogP contribution in [0, 0.1) is 6.92 Å². The van der Waals surface area contributed by atoms with Crippen molar-refractivity contribution in [3.8, 4) is 16.9 Å². The minimum absolute atomic E-state index is 0.187. The number of anilines is 1. The molecule has 0 spiro atoms. The third kappa shape index (κ3) is 5.14. The van der Waals surface area contributed by atoms with E-state index in [2.05, 4.69) is 11.4 Å². The number of carbonyl (C=O) groups excluding carboxylic acids is 1. The maximum absolute atomic E-state index is 12.8. The molecular formula is C34H33N3O4. The van der Waals surface area contributed by atoms with Crippen LogP contribution < -0.4 is 10.1 Å². The fraction of sp³-hybridized carbons (Fsp3) is 0.265. The SMILES string of the molecule is Cc1cc2nc(NC(=O)c3ccccc3)ccc2c(-c2ccc3c4c(ccnc24)CCO3)c1[C@@H](CO)OC(C)(C)C. The smallest absolute Gasteiger partial charge is 0.256 e. The minimum atomic E-state index is -0.575. The van der Waals surface area contributed by atoms with Gasteiger partial charge in [-0.2, -0.15) is 0 Å². The van der Waals surface area contributed by atoms with E-state index in [4.69, 9.17) is 19.4 Å². The van der Waals surface area contributed by atoms with Crippen molar-refractivity contribution >= 4 is 33.5 Å². The number of amides is 1. The van der Waals surface area contributed by atoms with Gasteiger partial charge < -0.3 is 19.9 Å². The maximum atomic E-state index is 12.8. The molecule has 1 aliphatic heterocycles. The molecule has 0 fully saturated rings. The summed E-state index contributed by atoms with van der Waals surface area (Å²) in [6.45, 7) is 8.40. The first-order valence-corrected chi connectivity index (χ1v) is 13.9. The lowest BCUT2D eigenvalue weighted by molar-refractivity contribution is -0.0821. The van der Waals surface area contributed by atoms with Crippen LogP contribution in [0.3, 0.4) is 0 Å². The van der Waals surface area contributed by atoms with Gasteiger partial charge in [-0.1, -0.05) is 18.2 Å². The predicted octanol–water partition coefficient (Wildman–Crippen LogP) is 6.79. The van der Waals surface area contributed by atoms with Crippen LogP contribution in [0.2, 0.25) is 0 Å². The van der Waals surface area contributed by atoms with Gasteiger partial charge in [-0.3, -0.25) is 9.78 Å². The van der Waals surface area contributed by atoms with Gasteiger partial charge in [-0.05, 0) is 98.5 Å². The summed E-state index contributed by atoms with van der Waals surface area (Å²) in [4.78, 5) is 22.5. The average Bonchev–Trinajstić information content (AvgIpc) is 2.96. The number of hydrogen-bond donors (Lipinski definition) is 2. The molecule has 1 atom stereocenters. The molecule has 0 saturated heterocycles. The van der Waals surface area contributed by atoms with Crippen LogP contribution in [0.5, 0.6) is 5.75 Å². The van der Waals surface area contributed by atoms with Crippen LogP contribution in [0.1, 0.15) is 53.9 Å². The summed E-state index contributed by atoms with van der Waals surface area (Å²) in [5.74, 6) is 1.06. The molecule has 3 aromatic carbocycles. The number of hydrogen-bond acceptors (Lipinski definition) is 6. The van der Waals surface area contributed by atoms with E-state index in [9.17, 15) is 9.90 Å². The van der Waals surface area contributed by atoms with Crippen molar-refractivity contribution in [2.24, 2.45) is 0 Å². The lowest BCUT2D eigenvalue weighted by Gasteiger charge is -2.30. The van der Waals surface area contributed by atoms with Crippen LogP contribution in [0.15, 0.2) is 72.9 Å². The van der Waals surface area contributed by atoms with Gasteiger partial charge in [0.2, 0.25) is 0 Å². The molecule has 0 unspecified atom stereocenters. The molecule has 7 heteroatoms. The number of pyridine rings is 2. The fourth-order valence-corrected chi connectivity index (χ4v) is 5.69. The first kappa shape index (κ1) is 26.9. The van der Waals surface area contributed by atoms with Crippen LogP contribution in [-0.2, 0) is 11.2 Å². The molecular weight excluding hydrogens is 514 g/mol. The van der Waals surface area contributed by atoms with Gasteiger partial charge in [-0.15, -0.1) is 0 Å². The highest BCUT2D eigenvalue weighted by molar-refractivity contribution is 6.08. The molecule has 0 bridgehead atoms. The monoisotopic (exact) mass is 547 g/mol. The molecule has 0 aliphatic carbocycles. The third-order valence-electron chi connectivity index (χ3n) is 7.34. The zero-order chi connectivity index (χ0) is 28.7. The van der Waals surface area contributed by atoms with Crippen LogP contribution in [-0.4, -0.2) is 39.8 Å². The average molecular weight is 548 g/mol. The van der Waals surface area contributed by atoms with Gasteiger partial charge in [0, 0.05) is 34.5 Å². The Morgan fingerprint density at radius 3 is 2.66 bits per heavy atom. The second-order valence-corrected chi connectivity index (χ2v) is 11.4. The van der Waals surface area contributed by atoms with E-state index in [1.807, 2.05) is 82.4 Å². The van der Waals surface area contributed by atoms with Crippen molar-refractivity contribution in [3.63, 3.8) is 0 Å². The Kier molecular flexibility index (Phi) is 6.93. The number of aliphatic hydroxyl groups excluding tert-OH is 1. The van der Waals surface area contributed by atoms with Gasteiger partial charge in [0.05, 0.1) is 29.8 Å². The highest BCUT2D eigenvalue weighted by Crippen LogP contribution is 2.44. The third-order valence-corrected chi connectivity index (χ3v) is 7.34. The Balaban J connectivity index is 1.58. The Labute approximate surface area is 239 Å². The van der Waals surface area contributed by atoms with Gasteiger partial charge in [0.15, 0.2) is 0 Å². The van der Waals surface area contributed by atoms with Gasteiger partial charge >= 0.3 is 0 Å². The number of fused-ring (bicyclic) bond motifs is 1. The van der Waals surface area contributed by atoms with Crippen LogP contribution >= 0.6 is 0 Å². The van der Waals surface area contributed by atoms with E-state index in [1.165, 1.54) is 5.56 Å². The molecule has 2 aromatic heterocycles. The number of rotatable bonds is 6. The quantitative estimate of drug-likeness (QED) is 0.243. The fourth-order valence-electron chi connectivity index (χ4n) is 5.69. The maximum Gasteiger partial charge on any atom is 0.256 e. The van der Waals surface area contributed by atoms with Crippen molar-refractivity contribution in [3.05, 3.63) is 95.2 Å². The molecule has 0 saturated carbocycles. The number of benzene rings is 3. The number of nitrogens with zero attached hydrogens (tertiary/aromatic N) is 2. The highest BCUT2D eigenvalue weighted by Gasteiger charge is 2.28. The summed E-state index contributed by atoms with van der Waals surface area (Å²) in [6.07, 6.45) is 2.09. The first-order chi connectivity index (χ1) is 19.7. The normalized spacial score (nSPS) is 13.7. The van der Waals surface area contributed by atoms with Crippen molar-refractivity contribution in [2.75, 3.05) is 18.5 Å². The molecule has 2 N–H and O–H groups in total. The van der Waals surface area contributed by atoms with Gasteiger partial charge in [0.1, 0.15) is 17.7 Å². The minimum Gasteiger partial charge on any atom is -0.493 e. The zero-order valence-electron chi connectivity index (χ0n) is 23.7. The molecule has 5 aromatic rings. The number of nitrogens with one attached hydrogen (secondary N) is 1. The lowest BCUT2D eigenvalue weighted by atomic mass is 9.86. The van der Waals surface area contributed by atoms with E-state index in [0.717, 1.165) is 56.2 Å². The zero-order valence-corrected chi connectivity index (χ0v) is 23.7. The molecule has 41 heavy (non-hydrogen) atoms. The summed E-state index contributed by atoms with van der Waals surface area (Å²) < 4.78 is 12.4. The van der Waals surface area contributed by atoms with E-state index in [-0.39, 0.29) is 12.5 Å². The Bertz CT molecular complexity index is 1770. The number of aromatic nitrogens is 2. The van der Waals surface area contributed by atoms with E-state index >= 15 is 0 Å². The van der Waals surface area contributed by atoms with E-state index < -0.39 is 11.7 Å². The summed E-state index contributed by atoms with van der Waals surface area (Å²) in [5.41, 5.74) is 6.45. The molecule has 1 aliphatic rings. The number of carbonyl (C=O) groups is 1. The second kappa shape index (κ2) is 10.6. The summed E-state index contributed by atoms with van der Waals surface area (Å²) >= 11 is 0. The predicted molar refractivity (Wildman–Crippen MR) is 161 cm³/mol. The van der Waals surface area contributed by atoms with Crippen LogP contribution in [0.4, 0.5) is 5.82 Å². The van der Waals surface area contributed by atoms with Crippen molar-refractivity contribution in [1.82, 2.24) is 9.97 Å². The molecule has 208 valence electrons. The molecule has 1 amide bonds. The van der Waals surface area contributed by atoms with E-state index in [1.54, 1.807) is 12.1 Å². The van der Waals surface area contributed by atoms with Crippen molar-refractivity contribution in [1.29, 1.82) is 0 Å². The lowest BCUT2D eigenvalue weighted by Crippen LogP contribution is -2.25. The summed E-state index contributed by atoms with van der Waals surface area (Å²) in [7, 11) is 0. The summed E-state index contributed by atoms with van der Waals surface area (Å²) in [6, 6.07) is 20.9. The standard InChI is InChI=1S/C34H33N3O4/c1-20-18-25-23(11-13-28(36-25)37-33(39)22-8-6-5-7-9-22)31(29(20)27(19-38)41-34(2,3)4)24-10-12-26-30-21(15-17-40-26)14-16-35-32(24)30/h5-14,16,18,27,38H,15,17,19H2,1-4H3,(H,36,37,39)/t27-/m1/s1. The Hall–Kier alpha value is -4.33. The Morgan fingerprint density at radius 2 is 1.90 bits per heavy atom. The second-order valence-electron chi connectivity index (χ2n) is 11.4. The summed E-state index contributed by atoms with van der Waals surface area (Å²) in [5, 5.41) is 15.4. The van der Waals surface area contributed by atoms with Gasteiger partial charge in [0.25, 0.3) is 5.91 Å². The number of ether oxygens (including phenoxy) is 2. The highest BCUT2D eigenvalue weighted by atomic mass is 16.5. The molecule has 3 heterocycles. The van der Waals surface area contributed by atoms with E-state index in [0.29, 0.717) is 18.0 Å². The molecule has 0 radical (unpaired) electrons. The molecule has 7 nitrogen and oxygen atoms in total. The van der Waals surface area contributed by atoms with Crippen molar-refractivity contribution < 1.29 is 19.4 Å². The number of aliphatic hydroxyl groups is 1. The molecule has 6 rings (SSSR count). The topological polar surface area (TPSA) is 93.6 Å². The largest absolute Gasteiger partial charge is 0.493 e. The Morgan fingerprint density at radius 1 is 1.10 bits per heavy atom. The van der Waals surface area contributed by atoms with Crippen molar-refractivity contribution in [2.45, 2.75) is 45.8 Å². The van der Waals surface area contributed by atoms with Gasteiger partial charge in [-0.25, -0.2) is 4.98 Å². The first-order valence-electron chi connectivity index (χ1n) is 13.9. The van der Waals surface area contributed by atoms with Crippen LogP contribution in [0.25, 0.3) is 32.9 Å².